The fraction of sp³-hybridized carbons (Fsp3) is 0.500. The van der Waals surface area contributed by atoms with Gasteiger partial charge in [0.25, 0.3) is 5.56 Å². The molecule has 0 unspecified atom stereocenters. The van der Waals surface area contributed by atoms with E-state index in [1.807, 2.05) is 12.1 Å². The van der Waals surface area contributed by atoms with Gasteiger partial charge in [-0.25, -0.2) is 4.98 Å². The van der Waals surface area contributed by atoms with Crippen LogP contribution in [0.2, 0.25) is 0 Å². The first-order chi connectivity index (χ1) is 10.7. The third kappa shape index (κ3) is 3.42. The molecule has 1 aromatic heterocycles. The molecule has 1 aliphatic rings. The zero-order valence-corrected chi connectivity index (χ0v) is 13.4. The maximum atomic E-state index is 11.9. The van der Waals surface area contributed by atoms with Gasteiger partial charge in [0.05, 0.1) is 23.4 Å². The number of halogens is 1. The summed E-state index contributed by atoms with van der Waals surface area (Å²) in [4.78, 5) is 21.3. The smallest absolute Gasteiger partial charge is 0.258 e. The van der Waals surface area contributed by atoms with Crippen LogP contribution in [-0.2, 0) is 5.88 Å². The lowest BCUT2D eigenvalue weighted by molar-refractivity contribution is 0.160. The highest BCUT2D eigenvalue weighted by Gasteiger charge is 2.17. The van der Waals surface area contributed by atoms with E-state index in [4.69, 9.17) is 16.3 Å². The molecule has 0 saturated carbocycles. The zero-order valence-electron chi connectivity index (χ0n) is 12.6. The topological polar surface area (TPSA) is 58.2 Å². The van der Waals surface area contributed by atoms with Crippen molar-refractivity contribution < 1.29 is 4.74 Å². The number of hydrogen-bond acceptors (Lipinski definition) is 4. The zero-order chi connectivity index (χ0) is 15.5. The number of nitrogens with one attached hydrogen (secondary N) is 1. The Morgan fingerprint density at radius 2 is 2.18 bits per heavy atom. The SMILES string of the molecule is CN1CCC(COc2ccc3c(=O)[nH]c(CCl)nc3c2)CC1. The number of piperidine rings is 1. The molecule has 0 radical (unpaired) electrons. The number of hydrogen-bond donors (Lipinski definition) is 1. The fourth-order valence-electron chi connectivity index (χ4n) is 2.76. The minimum atomic E-state index is -0.164. The molecule has 1 fully saturated rings. The van der Waals surface area contributed by atoms with E-state index in [1.54, 1.807) is 6.07 Å². The van der Waals surface area contributed by atoms with E-state index < -0.39 is 0 Å². The van der Waals surface area contributed by atoms with E-state index in [9.17, 15) is 4.79 Å². The molecule has 118 valence electrons. The van der Waals surface area contributed by atoms with E-state index in [0.29, 0.717) is 29.3 Å². The van der Waals surface area contributed by atoms with Crippen LogP contribution in [0.1, 0.15) is 18.7 Å². The van der Waals surface area contributed by atoms with Crippen molar-refractivity contribution in [3.05, 3.63) is 34.4 Å². The molecular formula is C16H20ClN3O2. The van der Waals surface area contributed by atoms with Crippen LogP contribution in [0.4, 0.5) is 0 Å². The van der Waals surface area contributed by atoms with Gasteiger partial charge in [-0.3, -0.25) is 4.79 Å². The van der Waals surface area contributed by atoms with Gasteiger partial charge >= 0.3 is 0 Å². The van der Waals surface area contributed by atoms with Crippen LogP contribution in [0, 0.1) is 5.92 Å². The van der Waals surface area contributed by atoms with E-state index in [0.717, 1.165) is 18.8 Å². The Hall–Kier alpha value is -1.59. The molecule has 5 nitrogen and oxygen atoms in total. The highest BCUT2D eigenvalue weighted by Crippen LogP contribution is 2.21. The predicted octanol–water partition coefficient (Wildman–Crippen LogP) is 2.38. The van der Waals surface area contributed by atoms with Crippen LogP contribution in [-0.4, -0.2) is 41.6 Å². The summed E-state index contributed by atoms with van der Waals surface area (Å²) in [7, 11) is 2.15. The van der Waals surface area contributed by atoms with E-state index in [-0.39, 0.29) is 11.4 Å². The quantitative estimate of drug-likeness (QED) is 0.878. The molecule has 1 N–H and O–H groups in total. The molecule has 6 heteroatoms. The largest absolute Gasteiger partial charge is 0.493 e. The van der Waals surface area contributed by atoms with Gasteiger partial charge in [0, 0.05) is 6.07 Å². The normalized spacial score (nSPS) is 17.0. The lowest BCUT2D eigenvalue weighted by Crippen LogP contribution is -2.32. The number of fused-ring (bicyclic) bond motifs is 1. The van der Waals surface area contributed by atoms with Crippen LogP contribution < -0.4 is 10.3 Å². The van der Waals surface area contributed by atoms with Crippen molar-refractivity contribution in [3.8, 4) is 5.75 Å². The molecule has 2 heterocycles. The lowest BCUT2D eigenvalue weighted by atomic mass is 9.98. The number of rotatable bonds is 4. The number of alkyl halides is 1. The molecule has 0 aliphatic carbocycles. The Bertz CT molecular complexity index is 708. The number of ether oxygens (including phenoxy) is 1. The predicted molar refractivity (Wildman–Crippen MR) is 87.6 cm³/mol. The molecule has 0 amide bonds. The van der Waals surface area contributed by atoms with Gasteiger partial charge in [-0.05, 0) is 51.0 Å². The van der Waals surface area contributed by atoms with Gasteiger partial charge in [-0.1, -0.05) is 0 Å². The van der Waals surface area contributed by atoms with Gasteiger partial charge in [-0.2, -0.15) is 0 Å². The summed E-state index contributed by atoms with van der Waals surface area (Å²) in [6.45, 7) is 2.97. The molecule has 0 atom stereocenters. The minimum Gasteiger partial charge on any atom is -0.493 e. The van der Waals surface area contributed by atoms with Gasteiger partial charge < -0.3 is 14.6 Å². The number of aromatic amines is 1. The van der Waals surface area contributed by atoms with Crippen molar-refractivity contribution in [1.82, 2.24) is 14.9 Å². The lowest BCUT2D eigenvalue weighted by Gasteiger charge is -2.28. The van der Waals surface area contributed by atoms with E-state index in [1.165, 1.54) is 12.8 Å². The van der Waals surface area contributed by atoms with Crippen molar-refractivity contribution in [2.45, 2.75) is 18.7 Å². The van der Waals surface area contributed by atoms with Crippen molar-refractivity contribution in [2.75, 3.05) is 26.7 Å². The first-order valence-corrected chi connectivity index (χ1v) is 8.09. The number of aromatic nitrogens is 2. The summed E-state index contributed by atoms with van der Waals surface area (Å²) in [6.07, 6.45) is 2.33. The monoisotopic (exact) mass is 321 g/mol. The van der Waals surface area contributed by atoms with Crippen molar-refractivity contribution in [1.29, 1.82) is 0 Å². The maximum Gasteiger partial charge on any atom is 0.258 e. The van der Waals surface area contributed by atoms with Gasteiger partial charge in [0.15, 0.2) is 0 Å². The average Bonchev–Trinajstić information content (AvgIpc) is 2.54. The molecule has 3 rings (SSSR count). The molecule has 1 aromatic carbocycles. The molecule has 0 bridgehead atoms. The highest BCUT2D eigenvalue weighted by atomic mass is 35.5. The first kappa shape index (κ1) is 15.3. The van der Waals surface area contributed by atoms with E-state index in [2.05, 4.69) is 21.9 Å². The van der Waals surface area contributed by atoms with Crippen molar-refractivity contribution in [2.24, 2.45) is 5.92 Å². The van der Waals surface area contributed by atoms with Gasteiger partial charge in [-0.15, -0.1) is 11.6 Å². The number of H-pyrrole nitrogens is 1. The summed E-state index contributed by atoms with van der Waals surface area (Å²) in [5.74, 6) is 2.01. The first-order valence-electron chi connectivity index (χ1n) is 7.56. The Morgan fingerprint density at radius 1 is 1.41 bits per heavy atom. The average molecular weight is 322 g/mol. The Balaban J connectivity index is 1.73. The summed E-state index contributed by atoms with van der Waals surface area (Å²) < 4.78 is 5.90. The van der Waals surface area contributed by atoms with Crippen LogP contribution in [0.3, 0.4) is 0 Å². The van der Waals surface area contributed by atoms with Crippen molar-refractivity contribution in [3.63, 3.8) is 0 Å². The minimum absolute atomic E-state index is 0.164. The van der Waals surface area contributed by atoms with Crippen molar-refractivity contribution >= 4 is 22.5 Å². The van der Waals surface area contributed by atoms with Crippen LogP contribution in [0.5, 0.6) is 5.75 Å². The van der Waals surface area contributed by atoms with Crippen LogP contribution in [0.25, 0.3) is 10.9 Å². The third-order valence-corrected chi connectivity index (χ3v) is 4.43. The van der Waals surface area contributed by atoms with Gasteiger partial charge in [0.1, 0.15) is 11.6 Å². The maximum absolute atomic E-state index is 11.9. The molecule has 0 spiro atoms. The summed E-state index contributed by atoms with van der Waals surface area (Å²) in [6, 6.07) is 5.40. The Kier molecular flexibility index (Phi) is 4.64. The Labute approximate surface area is 134 Å². The summed E-state index contributed by atoms with van der Waals surface area (Å²) >= 11 is 5.75. The summed E-state index contributed by atoms with van der Waals surface area (Å²) in [5, 5.41) is 0.556. The van der Waals surface area contributed by atoms with E-state index >= 15 is 0 Å². The number of benzene rings is 1. The second-order valence-electron chi connectivity index (χ2n) is 5.88. The highest BCUT2D eigenvalue weighted by molar-refractivity contribution is 6.16. The van der Waals surface area contributed by atoms with Gasteiger partial charge in [0.2, 0.25) is 0 Å². The second kappa shape index (κ2) is 6.67. The molecule has 22 heavy (non-hydrogen) atoms. The van der Waals surface area contributed by atoms with Crippen LogP contribution >= 0.6 is 11.6 Å². The second-order valence-corrected chi connectivity index (χ2v) is 6.15. The van der Waals surface area contributed by atoms with Crippen LogP contribution in [0.15, 0.2) is 23.0 Å². The fourth-order valence-corrected chi connectivity index (χ4v) is 2.89. The third-order valence-electron chi connectivity index (χ3n) is 4.18. The Morgan fingerprint density at radius 3 is 2.91 bits per heavy atom. The molecule has 2 aromatic rings. The standard InChI is InChI=1S/C16H20ClN3O2/c1-20-6-4-11(5-7-20)10-22-12-2-3-13-14(8-12)18-15(9-17)19-16(13)21/h2-3,8,11H,4-7,9-10H2,1H3,(H,18,19,21). The number of likely N-dealkylation sites (tertiary alicyclic amines) is 1. The molecular weight excluding hydrogens is 302 g/mol. The molecule has 1 aliphatic heterocycles. The summed E-state index contributed by atoms with van der Waals surface area (Å²) in [5.41, 5.74) is 0.461. The molecule has 1 saturated heterocycles. The number of nitrogens with zero attached hydrogens (tertiary/aromatic N) is 2.